The third kappa shape index (κ3) is 3.55. The number of amides is 1. The van der Waals surface area contributed by atoms with E-state index in [1.165, 1.54) is 0 Å². The summed E-state index contributed by atoms with van der Waals surface area (Å²) in [5, 5.41) is 4.24. The van der Waals surface area contributed by atoms with Gasteiger partial charge in [0.1, 0.15) is 5.69 Å². The van der Waals surface area contributed by atoms with Gasteiger partial charge >= 0.3 is 0 Å². The molecule has 4 nitrogen and oxygen atoms in total. The van der Waals surface area contributed by atoms with Gasteiger partial charge < -0.3 is 4.98 Å². The van der Waals surface area contributed by atoms with Crippen molar-refractivity contribution in [1.82, 2.24) is 10.4 Å². The summed E-state index contributed by atoms with van der Waals surface area (Å²) in [6.45, 7) is 2.09. The first kappa shape index (κ1) is 13.1. The highest BCUT2D eigenvalue weighted by molar-refractivity contribution is 6.01. The Labute approximate surface area is 112 Å². The summed E-state index contributed by atoms with van der Waals surface area (Å²) in [6.07, 6.45) is 3.52. The van der Waals surface area contributed by atoms with Gasteiger partial charge in [-0.1, -0.05) is 43.7 Å². The number of hydrogen-bond donors (Lipinski definition) is 2. The number of carbonyl (C=O) groups is 1. The molecular formula is C15H17N3O. The van der Waals surface area contributed by atoms with Crippen LogP contribution in [0.5, 0.6) is 0 Å². The molecule has 4 heteroatoms. The maximum Gasteiger partial charge on any atom is 0.287 e. The van der Waals surface area contributed by atoms with Crippen LogP contribution in [0.15, 0.2) is 53.8 Å². The van der Waals surface area contributed by atoms with E-state index in [1.807, 2.05) is 30.3 Å². The summed E-state index contributed by atoms with van der Waals surface area (Å²) in [4.78, 5) is 14.6. The molecule has 0 unspecified atom stereocenters. The smallest absolute Gasteiger partial charge is 0.287 e. The van der Waals surface area contributed by atoms with Gasteiger partial charge in [-0.15, -0.1) is 0 Å². The third-order valence-electron chi connectivity index (χ3n) is 2.73. The van der Waals surface area contributed by atoms with E-state index >= 15 is 0 Å². The lowest BCUT2D eigenvalue weighted by atomic mass is 10.1. The molecule has 98 valence electrons. The molecule has 0 atom stereocenters. The molecule has 1 heterocycles. The van der Waals surface area contributed by atoms with Gasteiger partial charge in [-0.05, 0) is 24.1 Å². The van der Waals surface area contributed by atoms with E-state index in [-0.39, 0.29) is 5.91 Å². The second-order valence-electron chi connectivity index (χ2n) is 4.20. The first-order valence-electron chi connectivity index (χ1n) is 6.37. The molecule has 0 bridgehead atoms. The van der Waals surface area contributed by atoms with Gasteiger partial charge in [-0.3, -0.25) is 4.79 Å². The molecular weight excluding hydrogens is 238 g/mol. The predicted molar refractivity (Wildman–Crippen MR) is 76.1 cm³/mol. The molecule has 0 radical (unpaired) electrons. The van der Waals surface area contributed by atoms with Gasteiger partial charge in [0.2, 0.25) is 0 Å². The zero-order valence-corrected chi connectivity index (χ0v) is 10.9. The summed E-state index contributed by atoms with van der Waals surface area (Å²) in [5.74, 6) is -0.227. The van der Waals surface area contributed by atoms with E-state index in [9.17, 15) is 4.79 Å². The van der Waals surface area contributed by atoms with E-state index in [0.29, 0.717) is 5.69 Å². The van der Waals surface area contributed by atoms with Crippen LogP contribution in [0.2, 0.25) is 0 Å². The van der Waals surface area contributed by atoms with E-state index in [0.717, 1.165) is 24.1 Å². The van der Waals surface area contributed by atoms with Crippen molar-refractivity contribution in [2.45, 2.75) is 19.8 Å². The summed E-state index contributed by atoms with van der Waals surface area (Å²) >= 11 is 0. The zero-order chi connectivity index (χ0) is 13.5. The molecule has 0 aliphatic heterocycles. The number of H-pyrrole nitrogens is 1. The van der Waals surface area contributed by atoms with Gasteiger partial charge in [0.15, 0.2) is 0 Å². The Morgan fingerprint density at radius 2 is 2.00 bits per heavy atom. The van der Waals surface area contributed by atoms with Crippen molar-refractivity contribution in [3.05, 3.63) is 59.9 Å². The van der Waals surface area contributed by atoms with Gasteiger partial charge in [-0.25, -0.2) is 5.43 Å². The van der Waals surface area contributed by atoms with Crippen LogP contribution in [0.25, 0.3) is 0 Å². The molecule has 0 spiro atoms. The lowest BCUT2D eigenvalue weighted by molar-refractivity contribution is 0.0950. The Kier molecular flexibility index (Phi) is 4.50. The van der Waals surface area contributed by atoms with E-state index in [1.54, 1.807) is 18.3 Å². The topological polar surface area (TPSA) is 57.2 Å². The SMILES string of the molecule is CCC/C(=N/NC(=O)c1ccc[nH]1)c1ccccc1. The van der Waals surface area contributed by atoms with Crippen LogP contribution in [0.3, 0.4) is 0 Å². The standard InChI is InChI=1S/C15H17N3O/c1-2-7-13(12-8-4-3-5-9-12)17-18-15(19)14-10-6-11-16-14/h3-6,8-11,16H,2,7H2,1H3,(H,18,19)/b17-13-. The molecule has 2 rings (SSSR count). The Morgan fingerprint density at radius 1 is 1.21 bits per heavy atom. The normalized spacial score (nSPS) is 11.3. The molecule has 2 N–H and O–H groups in total. The van der Waals surface area contributed by atoms with Crippen molar-refractivity contribution in [2.75, 3.05) is 0 Å². The molecule has 19 heavy (non-hydrogen) atoms. The summed E-state index contributed by atoms with van der Waals surface area (Å²) in [5.41, 5.74) is 5.02. The second kappa shape index (κ2) is 6.54. The molecule has 1 amide bonds. The average molecular weight is 255 g/mol. The van der Waals surface area contributed by atoms with E-state index in [2.05, 4.69) is 22.4 Å². The fraction of sp³-hybridized carbons (Fsp3) is 0.200. The Balaban J connectivity index is 2.11. The molecule has 2 aromatic rings. The van der Waals surface area contributed by atoms with Crippen molar-refractivity contribution in [3.8, 4) is 0 Å². The van der Waals surface area contributed by atoms with Crippen molar-refractivity contribution in [1.29, 1.82) is 0 Å². The van der Waals surface area contributed by atoms with Crippen LogP contribution in [0.1, 0.15) is 35.8 Å². The third-order valence-corrected chi connectivity index (χ3v) is 2.73. The number of benzene rings is 1. The number of hydrogen-bond acceptors (Lipinski definition) is 2. The van der Waals surface area contributed by atoms with Crippen molar-refractivity contribution in [2.24, 2.45) is 5.10 Å². The largest absolute Gasteiger partial charge is 0.357 e. The molecule has 0 aliphatic rings. The fourth-order valence-corrected chi connectivity index (χ4v) is 1.78. The summed E-state index contributed by atoms with van der Waals surface area (Å²) in [6, 6.07) is 13.4. The molecule has 0 saturated carbocycles. The number of nitrogens with zero attached hydrogens (tertiary/aromatic N) is 1. The fourth-order valence-electron chi connectivity index (χ4n) is 1.78. The van der Waals surface area contributed by atoms with Gasteiger partial charge in [-0.2, -0.15) is 5.10 Å². The van der Waals surface area contributed by atoms with Crippen LogP contribution in [-0.4, -0.2) is 16.6 Å². The van der Waals surface area contributed by atoms with Gasteiger partial charge in [0, 0.05) is 6.20 Å². The minimum atomic E-state index is -0.227. The Bertz CT molecular complexity index is 544. The minimum Gasteiger partial charge on any atom is -0.357 e. The molecule has 1 aromatic heterocycles. The van der Waals surface area contributed by atoms with Gasteiger partial charge in [0.25, 0.3) is 5.91 Å². The molecule has 1 aromatic carbocycles. The van der Waals surface area contributed by atoms with Crippen LogP contribution >= 0.6 is 0 Å². The lowest BCUT2D eigenvalue weighted by Gasteiger charge is -2.05. The number of hydrazone groups is 1. The van der Waals surface area contributed by atoms with Crippen LogP contribution in [0, 0.1) is 0 Å². The number of nitrogens with one attached hydrogen (secondary N) is 2. The maximum atomic E-state index is 11.8. The zero-order valence-electron chi connectivity index (χ0n) is 10.9. The van der Waals surface area contributed by atoms with E-state index < -0.39 is 0 Å². The molecule has 0 aliphatic carbocycles. The quantitative estimate of drug-likeness (QED) is 0.626. The lowest BCUT2D eigenvalue weighted by Crippen LogP contribution is -2.20. The monoisotopic (exact) mass is 255 g/mol. The highest BCUT2D eigenvalue weighted by Gasteiger charge is 2.06. The maximum absolute atomic E-state index is 11.8. The Morgan fingerprint density at radius 3 is 2.63 bits per heavy atom. The van der Waals surface area contributed by atoms with Crippen LogP contribution in [-0.2, 0) is 0 Å². The average Bonchev–Trinajstić information content (AvgIpc) is 2.98. The highest BCUT2D eigenvalue weighted by Crippen LogP contribution is 2.06. The predicted octanol–water partition coefficient (Wildman–Crippen LogP) is 2.95. The minimum absolute atomic E-state index is 0.227. The highest BCUT2D eigenvalue weighted by atomic mass is 16.2. The number of aromatic amines is 1. The number of carbonyl (C=O) groups excluding carboxylic acids is 1. The number of rotatable bonds is 5. The summed E-state index contributed by atoms with van der Waals surface area (Å²) in [7, 11) is 0. The van der Waals surface area contributed by atoms with Gasteiger partial charge in [0.05, 0.1) is 5.71 Å². The van der Waals surface area contributed by atoms with Crippen LogP contribution in [0.4, 0.5) is 0 Å². The first-order chi connectivity index (χ1) is 9.31. The van der Waals surface area contributed by atoms with E-state index in [4.69, 9.17) is 0 Å². The number of aromatic nitrogens is 1. The molecule has 0 fully saturated rings. The summed E-state index contributed by atoms with van der Waals surface area (Å²) < 4.78 is 0. The Hall–Kier alpha value is -2.36. The van der Waals surface area contributed by atoms with Crippen LogP contribution < -0.4 is 5.43 Å². The van der Waals surface area contributed by atoms with Crippen molar-refractivity contribution < 1.29 is 4.79 Å². The van der Waals surface area contributed by atoms with Crippen molar-refractivity contribution >= 4 is 11.6 Å². The first-order valence-corrected chi connectivity index (χ1v) is 6.37. The second-order valence-corrected chi connectivity index (χ2v) is 4.20. The molecule has 0 saturated heterocycles. The van der Waals surface area contributed by atoms with Crippen molar-refractivity contribution in [3.63, 3.8) is 0 Å².